The third-order valence-electron chi connectivity index (χ3n) is 5.08. The SMILES string of the molecule is CCOC(=O)N1CCN(C(=O)c2ccccc2NC(=O)C(C)Oc2ccc(Cl)cc2Cl)CC1. The predicted octanol–water partition coefficient (Wildman–Crippen LogP) is 4.31. The van der Waals surface area contributed by atoms with Gasteiger partial charge in [-0.1, -0.05) is 35.3 Å². The van der Waals surface area contributed by atoms with E-state index in [9.17, 15) is 14.4 Å². The zero-order chi connectivity index (χ0) is 24.0. The Morgan fingerprint density at radius 3 is 2.36 bits per heavy atom. The van der Waals surface area contributed by atoms with Crippen molar-refractivity contribution >= 4 is 46.8 Å². The van der Waals surface area contributed by atoms with Gasteiger partial charge in [-0.3, -0.25) is 9.59 Å². The van der Waals surface area contributed by atoms with Crippen LogP contribution in [-0.4, -0.2) is 66.6 Å². The Morgan fingerprint density at radius 1 is 1.03 bits per heavy atom. The molecule has 0 bridgehead atoms. The summed E-state index contributed by atoms with van der Waals surface area (Å²) in [7, 11) is 0. The molecule has 3 amide bonds. The number of nitrogens with zero attached hydrogens (tertiary/aromatic N) is 2. The van der Waals surface area contributed by atoms with Crippen molar-refractivity contribution in [3.63, 3.8) is 0 Å². The normalized spacial score (nSPS) is 14.4. The molecule has 33 heavy (non-hydrogen) atoms. The molecular weight excluding hydrogens is 469 g/mol. The minimum atomic E-state index is -0.875. The summed E-state index contributed by atoms with van der Waals surface area (Å²) in [6, 6.07) is 11.5. The number of piperazine rings is 1. The van der Waals surface area contributed by atoms with Gasteiger partial charge in [0.1, 0.15) is 5.75 Å². The molecule has 0 spiro atoms. The largest absolute Gasteiger partial charge is 0.479 e. The maximum atomic E-state index is 13.1. The van der Waals surface area contributed by atoms with Gasteiger partial charge < -0.3 is 24.6 Å². The smallest absolute Gasteiger partial charge is 0.409 e. The zero-order valence-electron chi connectivity index (χ0n) is 18.3. The van der Waals surface area contributed by atoms with Crippen molar-refractivity contribution in [2.24, 2.45) is 0 Å². The Hall–Kier alpha value is -2.97. The quantitative estimate of drug-likeness (QED) is 0.647. The molecule has 1 heterocycles. The molecule has 1 atom stereocenters. The molecule has 2 aromatic rings. The van der Waals surface area contributed by atoms with Gasteiger partial charge >= 0.3 is 6.09 Å². The molecule has 1 fully saturated rings. The Kier molecular flexibility index (Phi) is 8.41. The minimum absolute atomic E-state index is 0.233. The van der Waals surface area contributed by atoms with Crippen molar-refractivity contribution < 1.29 is 23.9 Å². The van der Waals surface area contributed by atoms with Gasteiger partial charge in [-0.05, 0) is 44.2 Å². The third-order valence-corrected chi connectivity index (χ3v) is 5.61. The van der Waals surface area contributed by atoms with E-state index in [1.54, 1.807) is 60.0 Å². The molecule has 2 aromatic carbocycles. The summed E-state index contributed by atoms with van der Waals surface area (Å²) in [5.41, 5.74) is 0.727. The van der Waals surface area contributed by atoms with Crippen molar-refractivity contribution in [1.82, 2.24) is 9.80 Å². The number of benzene rings is 2. The van der Waals surface area contributed by atoms with Gasteiger partial charge in [-0.2, -0.15) is 0 Å². The van der Waals surface area contributed by atoms with Gasteiger partial charge in [0.25, 0.3) is 11.8 Å². The van der Waals surface area contributed by atoms with Crippen molar-refractivity contribution in [3.8, 4) is 5.75 Å². The first-order valence-electron chi connectivity index (χ1n) is 10.5. The van der Waals surface area contributed by atoms with Gasteiger partial charge in [0, 0.05) is 31.2 Å². The molecule has 1 saturated heterocycles. The van der Waals surface area contributed by atoms with Crippen LogP contribution in [0.4, 0.5) is 10.5 Å². The molecule has 10 heteroatoms. The first kappa shape index (κ1) is 24.7. The summed E-state index contributed by atoms with van der Waals surface area (Å²) in [4.78, 5) is 41.0. The fourth-order valence-corrected chi connectivity index (χ4v) is 3.76. The highest BCUT2D eigenvalue weighted by Crippen LogP contribution is 2.28. The average Bonchev–Trinajstić information content (AvgIpc) is 2.81. The lowest BCUT2D eigenvalue weighted by Gasteiger charge is -2.34. The highest BCUT2D eigenvalue weighted by Gasteiger charge is 2.27. The monoisotopic (exact) mass is 493 g/mol. The molecule has 176 valence electrons. The number of carbonyl (C=O) groups excluding carboxylic acids is 3. The van der Waals surface area contributed by atoms with E-state index in [1.807, 2.05) is 0 Å². The zero-order valence-corrected chi connectivity index (χ0v) is 19.9. The van der Waals surface area contributed by atoms with E-state index in [4.69, 9.17) is 32.7 Å². The minimum Gasteiger partial charge on any atom is -0.479 e. The number of para-hydroxylation sites is 1. The number of carbonyl (C=O) groups is 3. The Morgan fingerprint density at radius 2 is 1.70 bits per heavy atom. The molecule has 0 saturated carbocycles. The number of nitrogens with one attached hydrogen (secondary N) is 1. The van der Waals surface area contributed by atoms with Gasteiger partial charge in [0.05, 0.1) is 22.9 Å². The molecule has 3 rings (SSSR count). The number of ether oxygens (including phenoxy) is 2. The number of hydrogen-bond donors (Lipinski definition) is 1. The van der Waals surface area contributed by atoms with Gasteiger partial charge in [-0.15, -0.1) is 0 Å². The van der Waals surface area contributed by atoms with Crippen LogP contribution in [0.2, 0.25) is 10.0 Å². The number of rotatable bonds is 6. The van der Waals surface area contributed by atoms with Crippen LogP contribution >= 0.6 is 23.2 Å². The van der Waals surface area contributed by atoms with E-state index >= 15 is 0 Å². The van der Waals surface area contributed by atoms with Gasteiger partial charge in [0.15, 0.2) is 6.10 Å². The molecule has 1 N–H and O–H groups in total. The lowest BCUT2D eigenvalue weighted by molar-refractivity contribution is -0.122. The summed E-state index contributed by atoms with van der Waals surface area (Å²) in [5, 5.41) is 3.51. The van der Waals surface area contributed by atoms with Crippen LogP contribution in [0.1, 0.15) is 24.2 Å². The van der Waals surface area contributed by atoms with E-state index in [-0.39, 0.29) is 12.0 Å². The predicted molar refractivity (Wildman–Crippen MR) is 126 cm³/mol. The second-order valence-corrected chi connectivity index (χ2v) is 8.19. The summed E-state index contributed by atoms with van der Waals surface area (Å²) < 4.78 is 10.7. The molecule has 0 radical (unpaired) electrons. The molecule has 0 aromatic heterocycles. The lowest BCUT2D eigenvalue weighted by atomic mass is 10.1. The maximum Gasteiger partial charge on any atom is 0.409 e. The number of amides is 3. The first-order chi connectivity index (χ1) is 15.8. The Balaban J connectivity index is 1.64. The summed E-state index contributed by atoms with van der Waals surface area (Å²) in [6.45, 7) is 5.14. The average molecular weight is 494 g/mol. The van der Waals surface area contributed by atoms with Crippen LogP contribution in [0, 0.1) is 0 Å². The van der Waals surface area contributed by atoms with Crippen LogP contribution in [0.5, 0.6) is 5.75 Å². The molecule has 0 aliphatic carbocycles. The van der Waals surface area contributed by atoms with Crippen LogP contribution in [0.15, 0.2) is 42.5 Å². The fourth-order valence-electron chi connectivity index (χ4n) is 3.30. The van der Waals surface area contributed by atoms with Crippen LogP contribution < -0.4 is 10.1 Å². The highest BCUT2D eigenvalue weighted by atomic mass is 35.5. The summed E-state index contributed by atoms with van der Waals surface area (Å²) in [5.74, 6) is -0.343. The lowest BCUT2D eigenvalue weighted by Crippen LogP contribution is -2.50. The maximum absolute atomic E-state index is 13.1. The summed E-state index contributed by atoms with van der Waals surface area (Å²) >= 11 is 12.0. The van der Waals surface area contributed by atoms with E-state index in [0.29, 0.717) is 59.8 Å². The van der Waals surface area contributed by atoms with E-state index < -0.39 is 12.0 Å². The third kappa shape index (κ3) is 6.30. The van der Waals surface area contributed by atoms with Crippen molar-refractivity contribution in [2.75, 3.05) is 38.1 Å². The molecule has 1 unspecified atom stereocenters. The topological polar surface area (TPSA) is 88.2 Å². The van der Waals surface area contributed by atoms with E-state index in [1.165, 1.54) is 6.07 Å². The Bertz CT molecular complexity index is 1020. The standard InChI is InChI=1S/C23H25Cl2N3O5/c1-3-32-23(31)28-12-10-27(11-13-28)22(30)17-6-4-5-7-19(17)26-21(29)15(2)33-20-9-8-16(24)14-18(20)25/h4-9,14-15H,3,10-13H2,1-2H3,(H,26,29). The highest BCUT2D eigenvalue weighted by molar-refractivity contribution is 6.35. The van der Waals surface area contributed by atoms with Gasteiger partial charge in [-0.25, -0.2) is 4.79 Å². The first-order valence-corrected chi connectivity index (χ1v) is 11.3. The summed E-state index contributed by atoms with van der Waals surface area (Å²) in [6.07, 6.45) is -1.26. The van der Waals surface area contributed by atoms with Gasteiger partial charge in [0.2, 0.25) is 0 Å². The second kappa shape index (κ2) is 11.2. The fraction of sp³-hybridized carbons (Fsp3) is 0.348. The molecule has 1 aliphatic heterocycles. The number of halogens is 2. The van der Waals surface area contributed by atoms with Crippen LogP contribution in [0.25, 0.3) is 0 Å². The van der Waals surface area contributed by atoms with Crippen LogP contribution in [0.3, 0.4) is 0 Å². The van der Waals surface area contributed by atoms with Crippen LogP contribution in [-0.2, 0) is 9.53 Å². The molecular formula is C23H25Cl2N3O5. The molecule has 1 aliphatic rings. The number of anilines is 1. The van der Waals surface area contributed by atoms with Crippen molar-refractivity contribution in [1.29, 1.82) is 0 Å². The number of hydrogen-bond acceptors (Lipinski definition) is 5. The van der Waals surface area contributed by atoms with E-state index in [2.05, 4.69) is 5.32 Å². The molecule has 8 nitrogen and oxygen atoms in total. The van der Waals surface area contributed by atoms with Crippen molar-refractivity contribution in [3.05, 3.63) is 58.1 Å². The second-order valence-electron chi connectivity index (χ2n) is 7.35. The Labute approximate surface area is 202 Å². The van der Waals surface area contributed by atoms with E-state index in [0.717, 1.165) is 0 Å². The van der Waals surface area contributed by atoms with Crippen molar-refractivity contribution in [2.45, 2.75) is 20.0 Å².